The van der Waals surface area contributed by atoms with Crippen LogP contribution in [0.15, 0.2) is 30.6 Å². The third-order valence-corrected chi connectivity index (χ3v) is 2.97. The molecule has 2 unspecified atom stereocenters. The van der Waals surface area contributed by atoms with Crippen molar-refractivity contribution in [3.8, 4) is 0 Å². The number of halogens is 1. The number of alkyl halides is 1. The summed E-state index contributed by atoms with van der Waals surface area (Å²) >= 11 is 5.91. The maximum absolute atomic E-state index is 12.1. The van der Waals surface area contributed by atoms with Gasteiger partial charge in [0.05, 0.1) is 11.0 Å². The van der Waals surface area contributed by atoms with E-state index in [1.54, 1.807) is 30.6 Å². The van der Waals surface area contributed by atoms with Gasteiger partial charge in [-0.2, -0.15) is 0 Å². The maximum atomic E-state index is 12.1. The van der Waals surface area contributed by atoms with Crippen molar-refractivity contribution >= 4 is 28.5 Å². The van der Waals surface area contributed by atoms with Crippen LogP contribution in [0.4, 0.5) is 0 Å². The first kappa shape index (κ1) is 13.7. The molecule has 2 aromatic rings. The summed E-state index contributed by atoms with van der Waals surface area (Å²) in [7, 11) is 0. The van der Waals surface area contributed by atoms with Crippen LogP contribution < -0.4 is 5.32 Å². The minimum atomic E-state index is -0.114. The van der Waals surface area contributed by atoms with Crippen molar-refractivity contribution in [3.05, 3.63) is 36.2 Å². The number of rotatable bonds is 4. The molecule has 0 saturated heterocycles. The Labute approximate surface area is 117 Å². The van der Waals surface area contributed by atoms with E-state index in [0.29, 0.717) is 11.1 Å². The second-order valence-corrected chi connectivity index (χ2v) is 5.40. The van der Waals surface area contributed by atoms with Crippen molar-refractivity contribution in [2.24, 2.45) is 0 Å². The van der Waals surface area contributed by atoms with E-state index in [1.165, 1.54) is 0 Å². The van der Waals surface area contributed by atoms with Gasteiger partial charge in [-0.15, -0.1) is 11.6 Å². The molecule has 0 radical (unpaired) electrons. The van der Waals surface area contributed by atoms with E-state index in [-0.39, 0.29) is 17.3 Å². The third-order valence-electron chi connectivity index (χ3n) is 2.79. The van der Waals surface area contributed by atoms with Gasteiger partial charge < -0.3 is 5.32 Å². The standard InChI is InChI=1S/C14H16ClN3O/c1-9(15)7-10(2)18-14(19)11-3-4-12-13(8-11)17-6-5-16-12/h3-6,8-10H,7H2,1-2H3,(H,18,19). The van der Waals surface area contributed by atoms with Crippen LogP contribution in [0.1, 0.15) is 30.6 Å². The predicted molar refractivity (Wildman–Crippen MR) is 76.4 cm³/mol. The van der Waals surface area contributed by atoms with Gasteiger partial charge in [-0.3, -0.25) is 14.8 Å². The summed E-state index contributed by atoms with van der Waals surface area (Å²) in [6.45, 7) is 3.85. The summed E-state index contributed by atoms with van der Waals surface area (Å²) in [5.74, 6) is -0.114. The monoisotopic (exact) mass is 277 g/mol. The molecular weight excluding hydrogens is 262 g/mol. The molecule has 19 heavy (non-hydrogen) atoms. The Kier molecular flexibility index (Phi) is 4.32. The van der Waals surface area contributed by atoms with Gasteiger partial charge in [0.1, 0.15) is 0 Å². The predicted octanol–water partition coefficient (Wildman–Crippen LogP) is 2.77. The highest BCUT2D eigenvalue weighted by Crippen LogP contribution is 2.11. The zero-order valence-electron chi connectivity index (χ0n) is 10.9. The van der Waals surface area contributed by atoms with E-state index in [0.717, 1.165) is 11.9 Å². The number of nitrogens with one attached hydrogen (secondary N) is 1. The van der Waals surface area contributed by atoms with Gasteiger partial charge in [0, 0.05) is 29.4 Å². The summed E-state index contributed by atoms with van der Waals surface area (Å²) < 4.78 is 0. The van der Waals surface area contributed by atoms with Crippen LogP contribution in [0.5, 0.6) is 0 Å². The number of amides is 1. The van der Waals surface area contributed by atoms with Crippen LogP contribution in [0.3, 0.4) is 0 Å². The van der Waals surface area contributed by atoms with Crippen molar-refractivity contribution < 1.29 is 4.79 Å². The molecule has 1 N–H and O–H groups in total. The summed E-state index contributed by atoms with van der Waals surface area (Å²) in [5.41, 5.74) is 2.08. The molecule has 100 valence electrons. The number of benzene rings is 1. The highest BCUT2D eigenvalue weighted by atomic mass is 35.5. The highest BCUT2D eigenvalue weighted by molar-refractivity contribution is 6.20. The quantitative estimate of drug-likeness (QED) is 0.875. The minimum Gasteiger partial charge on any atom is -0.350 e. The first-order valence-corrected chi connectivity index (χ1v) is 6.65. The molecule has 0 bridgehead atoms. The Morgan fingerprint density at radius 3 is 2.63 bits per heavy atom. The first-order chi connectivity index (χ1) is 9.06. The number of carbonyl (C=O) groups excluding carboxylic acids is 1. The Bertz CT molecular complexity index is 586. The van der Waals surface area contributed by atoms with Crippen LogP contribution in [0.2, 0.25) is 0 Å². The first-order valence-electron chi connectivity index (χ1n) is 6.22. The SMILES string of the molecule is CC(Cl)CC(C)NC(=O)c1ccc2nccnc2c1. The average molecular weight is 278 g/mol. The lowest BCUT2D eigenvalue weighted by Gasteiger charge is -2.15. The molecule has 0 aliphatic rings. The van der Waals surface area contributed by atoms with Gasteiger partial charge in [0.15, 0.2) is 0 Å². The topological polar surface area (TPSA) is 54.9 Å². The van der Waals surface area contributed by atoms with Crippen molar-refractivity contribution in [2.45, 2.75) is 31.7 Å². The Balaban J connectivity index is 2.13. The van der Waals surface area contributed by atoms with Gasteiger partial charge in [0.25, 0.3) is 5.91 Å². The van der Waals surface area contributed by atoms with E-state index >= 15 is 0 Å². The van der Waals surface area contributed by atoms with Gasteiger partial charge in [0.2, 0.25) is 0 Å². The van der Waals surface area contributed by atoms with Crippen LogP contribution >= 0.6 is 11.6 Å². The molecule has 1 aromatic heterocycles. The zero-order valence-corrected chi connectivity index (χ0v) is 11.7. The van der Waals surface area contributed by atoms with Crippen LogP contribution in [-0.2, 0) is 0 Å². The number of hydrogen-bond donors (Lipinski definition) is 1. The summed E-state index contributed by atoms with van der Waals surface area (Å²) in [6.07, 6.45) is 3.98. The fourth-order valence-corrected chi connectivity index (χ4v) is 2.23. The molecule has 5 heteroatoms. The molecular formula is C14H16ClN3O. The largest absolute Gasteiger partial charge is 0.350 e. The van der Waals surface area contributed by atoms with E-state index in [1.807, 2.05) is 13.8 Å². The van der Waals surface area contributed by atoms with E-state index < -0.39 is 0 Å². The molecule has 0 fully saturated rings. The molecule has 0 aliphatic heterocycles. The van der Waals surface area contributed by atoms with E-state index in [2.05, 4.69) is 15.3 Å². The Hall–Kier alpha value is -1.68. The van der Waals surface area contributed by atoms with Gasteiger partial charge in [-0.05, 0) is 38.5 Å². The fraction of sp³-hybridized carbons (Fsp3) is 0.357. The zero-order chi connectivity index (χ0) is 13.8. The lowest BCUT2D eigenvalue weighted by molar-refractivity contribution is 0.0938. The molecule has 4 nitrogen and oxygen atoms in total. The summed E-state index contributed by atoms with van der Waals surface area (Å²) in [6, 6.07) is 5.33. The molecule has 0 spiro atoms. The van der Waals surface area contributed by atoms with Gasteiger partial charge in [-0.25, -0.2) is 0 Å². The molecule has 1 heterocycles. The molecule has 0 saturated carbocycles. The Morgan fingerprint density at radius 1 is 1.26 bits per heavy atom. The molecule has 1 amide bonds. The van der Waals surface area contributed by atoms with Crippen molar-refractivity contribution in [1.82, 2.24) is 15.3 Å². The van der Waals surface area contributed by atoms with Gasteiger partial charge >= 0.3 is 0 Å². The molecule has 1 aromatic carbocycles. The van der Waals surface area contributed by atoms with Crippen LogP contribution in [0, 0.1) is 0 Å². The molecule has 2 rings (SSSR count). The number of carbonyl (C=O) groups is 1. The third kappa shape index (κ3) is 3.64. The van der Waals surface area contributed by atoms with Crippen molar-refractivity contribution in [1.29, 1.82) is 0 Å². The number of aromatic nitrogens is 2. The van der Waals surface area contributed by atoms with Crippen LogP contribution in [0.25, 0.3) is 11.0 Å². The number of fused-ring (bicyclic) bond motifs is 1. The summed E-state index contributed by atoms with van der Waals surface area (Å²) in [4.78, 5) is 20.4. The average Bonchev–Trinajstić information content (AvgIpc) is 2.37. The lowest BCUT2D eigenvalue weighted by atomic mass is 10.1. The van der Waals surface area contributed by atoms with Crippen LogP contribution in [-0.4, -0.2) is 27.3 Å². The second kappa shape index (κ2) is 5.97. The minimum absolute atomic E-state index is 0.0394. The smallest absolute Gasteiger partial charge is 0.251 e. The van der Waals surface area contributed by atoms with E-state index in [9.17, 15) is 4.79 Å². The number of nitrogens with zero attached hydrogens (tertiary/aromatic N) is 2. The van der Waals surface area contributed by atoms with Crippen molar-refractivity contribution in [2.75, 3.05) is 0 Å². The maximum Gasteiger partial charge on any atom is 0.251 e. The molecule has 2 atom stereocenters. The second-order valence-electron chi connectivity index (χ2n) is 4.65. The molecule has 0 aliphatic carbocycles. The van der Waals surface area contributed by atoms with Gasteiger partial charge in [-0.1, -0.05) is 0 Å². The van der Waals surface area contributed by atoms with Crippen molar-refractivity contribution in [3.63, 3.8) is 0 Å². The number of hydrogen-bond acceptors (Lipinski definition) is 3. The lowest BCUT2D eigenvalue weighted by Crippen LogP contribution is -2.33. The Morgan fingerprint density at radius 2 is 1.95 bits per heavy atom. The highest BCUT2D eigenvalue weighted by Gasteiger charge is 2.12. The fourth-order valence-electron chi connectivity index (χ4n) is 1.96. The normalized spacial score (nSPS) is 14.1. The van der Waals surface area contributed by atoms with E-state index in [4.69, 9.17) is 11.6 Å². The summed E-state index contributed by atoms with van der Waals surface area (Å²) in [5, 5.41) is 2.96.